The summed E-state index contributed by atoms with van der Waals surface area (Å²) in [4.78, 5) is 12.8. The lowest BCUT2D eigenvalue weighted by Crippen LogP contribution is -2.48. The number of hydrogen-bond acceptors (Lipinski definition) is 5. The van der Waals surface area contributed by atoms with Gasteiger partial charge >= 0.3 is 0 Å². The van der Waals surface area contributed by atoms with Gasteiger partial charge in [-0.3, -0.25) is 4.79 Å². The molecule has 2 aliphatic heterocycles. The van der Waals surface area contributed by atoms with E-state index >= 15 is 0 Å². The van der Waals surface area contributed by atoms with E-state index in [9.17, 15) is 18.3 Å². The molecule has 1 aromatic rings. The third kappa shape index (κ3) is 4.99. The third-order valence-corrected chi connectivity index (χ3v) is 9.36. The molecule has 172 valence electrons. The summed E-state index contributed by atoms with van der Waals surface area (Å²) in [6.45, 7) is 4.56. The molecule has 1 amide bonds. The first-order valence-electron chi connectivity index (χ1n) is 11.5. The molecule has 2 heterocycles. The van der Waals surface area contributed by atoms with Gasteiger partial charge in [0.05, 0.1) is 35.2 Å². The molecule has 0 aromatic heterocycles. The Morgan fingerprint density at radius 3 is 2.55 bits per heavy atom. The van der Waals surface area contributed by atoms with Gasteiger partial charge in [-0.1, -0.05) is 30.3 Å². The van der Waals surface area contributed by atoms with Crippen LogP contribution >= 0.6 is 0 Å². The highest BCUT2D eigenvalue weighted by Gasteiger charge is 2.46. The zero-order valence-corrected chi connectivity index (χ0v) is 19.4. The van der Waals surface area contributed by atoms with E-state index in [-0.39, 0.29) is 46.6 Å². The molecule has 2 saturated heterocycles. The molecule has 31 heavy (non-hydrogen) atoms. The molecule has 1 aliphatic carbocycles. The first kappa shape index (κ1) is 22.7. The molecule has 0 unspecified atom stereocenters. The van der Waals surface area contributed by atoms with Crippen LogP contribution in [-0.2, 0) is 24.8 Å². The number of carbonyl (C=O) groups is 1. The minimum atomic E-state index is -3.09. The van der Waals surface area contributed by atoms with Gasteiger partial charge in [0.1, 0.15) is 0 Å². The van der Waals surface area contributed by atoms with Gasteiger partial charge in [-0.05, 0) is 51.5 Å². The first-order chi connectivity index (χ1) is 14.6. The maximum atomic E-state index is 12.8. The standard InChI is InChI=1S/C24H35NO5S/c1-23(2)14-20(26)19-8-11-24(12-9-21(19)30-23,18-6-4-3-5-7-18)16-25-22(27)17-10-13-31(28,29)15-17/h3-7,17,19-21,26H,8-16H2,1-2H3,(H,25,27)/t17-,19+,20-,21-,24-/m0/s1. The fourth-order valence-corrected chi connectivity index (χ4v) is 7.59. The van der Waals surface area contributed by atoms with Crippen LogP contribution in [0.2, 0.25) is 0 Å². The lowest BCUT2D eigenvalue weighted by atomic mass is 9.73. The van der Waals surface area contributed by atoms with E-state index in [1.165, 1.54) is 5.56 Å². The number of hydrogen-bond donors (Lipinski definition) is 2. The van der Waals surface area contributed by atoms with Crippen molar-refractivity contribution in [2.45, 2.75) is 75.6 Å². The third-order valence-electron chi connectivity index (χ3n) is 7.60. The molecule has 3 fully saturated rings. The van der Waals surface area contributed by atoms with Crippen molar-refractivity contribution in [3.63, 3.8) is 0 Å². The number of rotatable bonds is 4. The van der Waals surface area contributed by atoms with Gasteiger partial charge in [0.2, 0.25) is 5.91 Å². The predicted octanol–water partition coefficient (Wildman–Crippen LogP) is 2.59. The van der Waals surface area contributed by atoms with E-state index in [0.29, 0.717) is 19.4 Å². The van der Waals surface area contributed by atoms with Crippen molar-refractivity contribution < 1.29 is 23.1 Å². The molecule has 0 bridgehead atoms. The summed E-state index contributed by atoms with van der Waals surface area (Å²) >= 11 is 0. The Balaban J connectivity index is 1.53. The summed E-state index contributed by atoms with van der Waals surface area (Å²) in [6.07, 6.45) is 4.05. The second-order valence-corrected chi connectivity index (χ2v) is 12.6. The summed E-state index contributed by atoms with van der Waals surface area (Å²) in [6, 6.07) is 10.3. The van der Waals surface area contributed by atoms with E-state index in [1.54, 1.807) is 0 Å². The number of sulfone groups is 1. The molecule has 7 heteroatoms. The van der Waals surface area contributed by atoms with Gasteiger partial charge < -0.3 is 15.2 Å². The Bertz CT molecular complexity index is 900. The van der Waals surface area contributed by atoms with Crippen molar-refractivity contribution in [2.24, 2.45) is 11.8 Å². The Morgan fingerprint density at radius 2 is 1.87 bits per heavy atom. The molecular weight excluding hydrogens is 414 g/mol. The van der Waals surface area contributed by atoms with E-state index in [4.69, 9.17) is 4.74 Å². The van der Waals surface area contributed by atoms with Crippen LogP contribution in [0.3, 0.4) is 0 Å². The zero-order chi connectivity index (χ0) is 22.3. The molecular formula is C24H35NO5S. The van der Waals surface area contributed by atoms with Gasteiger partial charge in [0.15, 0.2) is 9.84 Å². The minimum absolute atomic E-state index is 0.0139. The number of aliphatic hydroxyl groups excluding tert-OH is 1. The van der Waals surface area contributed by atoms with Gasteiger partial charge in [0, 0.05) is 24.3 Å². The van der Waals surface area contributed by atoms with Gasteiger partial charge in [-0.2, -0.15) is 0 Å². The van der Waals surface area contributed by atoms with Crippen molar-refractivity contribution in [3.8, 4) is 0 Å². The average molecular weight is 450 g/mol. The predicted molar refractivity (Wildman–Crippen MR) is 119 cm³/mol. The maximum absolute atomic E-state index is 12.8. The number of ether oxygens (including phenoxy) is 1. The largest absolute Gasteiger partial charge is 0.393 e. The second kappa shape index (κ2) is 8.49. The van der Waals surface area contributed by atoms with Crippen molar-refractivity contribution in [3.05, 3.63) is 35.9 Å². The molecule has 6 nitrogen and oxygen atoms in total. The lowest BCUT2D eigenvalue weighted by Gasteiger charge is -2.43. The molecule has 2 N–H and O–H groups in total. The van der Waals surface area contributed by atoms with E-state index in [0.717, 1.165) is 25.7 Å². The monoisotopic (exact) mass is 449 g/mol. The number of fused-ring (bicyclic) bond motifs is 1. The number of carbonyl (C=O) groups excluding carboxylic acids is 1. The smallest absolute Gasteiger partial charge is 0.224 e. The van der Waals surface area contributed by atoms with Crippen molar-refractivity contribution in [2.75, 3.05) is 18.1 Å². The van der Waals surface area contributed by atoms with Crippen LogP contribution in [0.4, 0.5) is 0 Å². The minimum Gasteiger partial charge on any atom is -0.393 e. The molecule has 0 radical (unpaired) electrons. The van der Waals surface area contributed by atoms with E-state index < -0.39 is 15.8 Å². The Morgan fingerprint density at radius 1 is 1.16 bits per heavy atom. The van der Waals surface area contributed by atoms with Crippen LogP contribution in [0.25, 0.3) is 0 Å². The fourth-order valence-electron chi connectivity index (χ4n) is 5.85. The number of aliphatic hydroxyl groups is 1. The lowest BCUT2D eigenvalue weighted by molar-refractivity contribution is -0.178. The Kier molecular flexibility index (Phi) is 6.23. The highest BCUT2D eigenvalue weighted by Crippen LogP contribution is 2.45. The SMILES string of the molecule is CC1(C)C[C@H](O)[C@H]2CC[C@](CNC(=O)[C@H]3CCS(=O)(=O)C3)(c3ccccc3)CC[C@@H]2O1. The highest BCUT2D eigenvalue weighted by molar-refractivity contribution is 7.91. The fraction of sp³-hybridized carbons (Fsp3) is 0.708. The molecule has 1 saturated carbocycles. The van der Waals surface area contributed by atoms with Crippen molar-refractivity contribution in [1.82, 2.24) is 5.32 Å². The highest BCUT2D eigenvalue weighted by atomic mass is 32.2. The quantitative estimate of drug-likeness (QED) is 0.737. The Hall–Kier alpha value is -1.44. The zero-order valence-electron chi connectivity index (χ0n) is 18.5. The number of amides is 1. The molecule has 1 aromatic carbocycles. The molecule has 5 atom stereocenters. The number of nitrogens with one attached hydrogen (secondary N) is 1. The van der Waals surface area contributed by atoms with Crippen LogP contribution in [-0.4, -0.2) is 55.3 Å². The van der Waals surface area contributed by atoms with Crippen molar-refractivity contribution >= 4 is 15.7 Å². The van der Waals surface area contributed by atoms with Gasteiger partial charge in [0.25, 0.3) is 0 Å². The molecule has 0 spiro atoms. The average Bonchev–Trinajstić information content (AvgIpc) is 2.97. The van der Waals surface area contributed by atoms with Crippen LogP contribution in [0.1, 0.15) is 57.9 Å². The van der Waals surface area contributed by atoms with Crippen LogP contribution in [0.5, 0.6) is 0 Å². The first-order valence-corrected chi connectivity index (χ1v) is 13.3. The second-order valence-electron chi connectivity index (χ2n) is 10.4. The van der Waals surface area contributed by atoms with Crippen molar-refractivity contribution in [1.29, 1.82) is 0 Å². The number of benzene rings is 1. The summed E-state index contributed by atoms with van der Waals surface area (Å²) in [5.74, 6) is -0.443. The van der Waals surface area contributed by atoms with Crippen LogP contribution < -0.4 is 5.32 Å². The normalized spacial score (nSPS) is 36.9. The maximum Gasteiger partial charge on any atom is 0.224 e. The summed E-state index contributed by atoms with van der Waals surface area (Å²) in [7, 11) is -3.09. The van der Waals surface area contributed by atoms with Crippen LogP contribution in [0.15, 0.2) is 30.3 Å². The van der Waals surface area contributed by atoms with Gasteiger partial charge in [-0.15, -0.1) is 0 Å². The van der Waals surface area contributed by atoms with Crippen LogP contribution in [0, 0.1) is 11.8 Å². The van der Waals surface area contributed by atoms with E-state index in [1.807, 2.05) is 32.0 Å². The summed E-state index contributed by atoms with van der Waals surface area (Å²) in [5.41, 5.74) is 0.600. The molecule has 3 aliphatic rings. The summed E-state index contributed by atoms with van der Waals surface area (Å²) < 4.78 is 30.0. The van der Waals surface area contributed by atoms with Gasteiger partial charge in [-0.25, -0.2) is 8.42 Å². The molecule has 4 rings (SSSR count). The van der Waals surface area contributed by atoms with E-state index in [2.05, 4.69) is 17.4 Å². The topological polar surface area (TPSA) is 92.7 Å². The summed E-state index contributed by atoms with van der Waals surface area (Å²) in [5, 5.41) is 13.9. The Labute approximate surface area is 185 Å².